The van der Waals surface area contributed by atoms with Gasteiger partial charge < -0.3 is 15.1 Å². The van der Waals surface area contributed by atoms with Gasteiger partial charge in [0.15, 0.2) is 0 Å². The van der Waals surface area contributed by atoms with Crippen LogP contribution in [0.5, 0.6) is 0 Å². The van der Waals surface area contributed by atoms with Gasteiger partial charge in [0.25, 0.3) is 0 Å². The molecule has 0 aliphatic rings. The second kappa shape index (κ2) is 6.62. The van der Waals surface area contributed by atoms with Crippen molar-refractivity contribution in [1.29, 1.82) is 0 Å². The van der Waals surface area contributed by atoms with Gasteiger partial charge in [-0.1, -0.05) is 25.1 Å². The molecule has 2 N–H and O–H groups in total. The Labute approximate surface area is 121 Å². The summed E-state index contributed by atoms with van der Waals surface area (Å²) in [4.78, 5) is 2.22. The molecule has 1 heterocycles. The first-order chi connectivity index (χ1) is 9.60. The molecule has 2 rings (SSSR count). The zero-order chi connectivity index (χ0) is 14.5. The van der Waals surface area contributed by atoms with Crippen molar-refractivity contribution in [1.82, 2.24) is 0 Å². The van der Waals surface area contributed by atoms with E-state index in [0.717, 1.165) is 30.9 Å². The van der Waals surface area contributed by atoms with E-state index in [2.05, 4.69) is 43.1 Å². The van der Waals surface area contributed by atoms with Crippen molar-refractivity contribution < 1.29 is 4.42 Å². The van der Waals surface area contributed by atoms with Crippen LogP contribution in [0.4, 0.5) is 5.69 Å². The topological polar surface area (TPSA) is 42.4 Å². The maximum absolute atomic E-state index is 6.09. The highest BCUT2D eigenvalue weighted by Gasteiger charge is 2.11. The number of aryl methyl sites for hydroxylation is 1. The number of benzene rings is 1. The molecule has 108 valence electrons. The number of hydrogen-bond donors (Lipinski definition) is 1. The lowest BCUT2D eigenvalue weighted by atomic mass is 10.0. The third-order valence-corrected chi connectivity index (χ3v) is 3.60. The molecule has 0 aliphatic heterocycles. The largest absolute Gasteiger partial charge is 0.464 e. The molecule has 0 bridgehead atoms. The molecule has 3 heteroatoms. The molecule has 1 aromatic heterocycles. The molecule has 0 aliphatic carbocycles. The van der Waals surface area contributed by atoms with Gasteiger partial charge in [0, 0.05) is 18.8 Å². The van der Waals surface area contributed by atoms with E-state index in [-0.39, 0.29) is 6.04 Å². The van der Waals surface area contributed by atoms with E-state index in [4.69, 9.17) is 10.2 Å². The van der Waals surface area contributed by atoms with E-state index in [9.17, 15) is 0 Å². The highest BCUT2D eigenvalue weighted by atomic mass is 16.3. The van der Waals surface area contributed by atoms with Crippen molar-refractivity contribution in [3.63, 3.8) is 0 Å². The summed E-state index contributed by atoms with van der Waals surface area (Å²) >= 11 is 0. The lowest BCUT2D eigenvalue weighted by Crippen LogP contribution is -2.24. The lowest BCUT2D eigenvalue weighted by molar-refractivity contribution is 0.481. The fraction of sp³-hybridized carbons (Fsp3) is 0.412. The minimum Gasteiger partial charge on any atom is -0.464 e. The summed E-state index contributed by atoms with van der Waals surface area (Å²) in [6.45, 7) is 4.87. The number of furan rings is 1. The molecule has 0 amide bonds. The van der Waals surface area contributed by atoms with Crippen LogP contribution in [0.25, 0.3) is 0 Å². The Bertz CT molecular complexity index is 547. The highest BCUT2D eigenvalue weighted by Crippen LogP contribution is 2.23. The number of anilines is 1. The highest BCUT2D eigenvalue weighted by molar-refractivity contribution is 5.53. The maximum atomic E-state index is 6.09. The van der Waals surface area contributed by atoms with Crippen LogP contribution >= 0.6 is 0 Å². The molecule has 2 aromatic rings. The molecule has 1 unspecified atom stereocenters. The first kappa shape index (κ1) is 14.7. The molecule has 3 nitrogen and oxygen atoms in total. The van der Waals surface area contributed by atoms with E-state index in [1.54, 1.807) is 0 Å². The van der Waals surface area contributed by atoms with Gasteiger partial charge in [-0.05, 0) is 43.5 Å². The zero-order valence-electron chi connectivity index (χ0n) is 12.6. The van der Waals surface area contributed by atoms with Gasteiger partial charge in [-0.15, -0.1) is 0 Å². The van der Waals surface area contributed by atoms with E-state index in [1.807, 2.05) is 19.1 Å². The molecule has 0 fully saturated rings. The Hall–Kier alpha value is -1.74. The van der Waals surface area contributed by atoms with Crippen molar-refractivity contribution in [2.24, 2.45) is 5.73 Å². The molecule has 1 atom stereocenters. The lowest BCUT2D eigenvalue weighted by Gasteiger charge is -2.22. The van der Waals surface area contributed by atoms with E-state index in [0.29, 0.717) is 0 Å². The van der Waals surface area contributed by atoms with Gasteiger partial charge in [-0.25, -0.2) is 0 Å². The smallest absolute Gasteiger partial charge is 0.123 e. The Morgan fingerprint density at radius 1 is 1.20 bits per heavy atom. The van der Waals surface area contributed by atoms with Crippen LogP contribution in [0.15, 0.2) is 40.8 Å². The van der Waals surface area contributed by atoms with E-state index < -0.39 is 0 Å². The molecular formula is C17H24N2O. The van der Waals surface area contributed by atoms with E-state index >= 15 is 0 Å². The third kappa shape index (κ3) is 3.64. The fourth-order valence-corrected chi connectivity index (χ4v) is 2.37. The van der Waals surface area contributed by atoms with Crippen LogP contribution in [0.3, 0.4) is 0 Å². The van der Waals surface area contributed by atoms with Crippen molar-refractivity contribution in [3.05, 3.63) is 53.5 Å². The van der Waals surface area contributed by atoms with Gasteiger partial charge in [0.1, 0.15) is 11.5 Å². The number of nitrogens with zero attached hydrogens (tertiary/aromatic N) is 1. The summed E-state index contributed by atoms with van der Waals surface area (Å²) < 4.78 is 5.65. The Balaban J connectivity index is 2.14. The monoisotopic (exact) mass is 272 g/mol. The fourth-order valence-electron chi connectivity index (χ4n) is 2.37. The van der Waals surface area contributed by atoms with Crippen molar-refractivity contribution in [2.45, 2.75) is 39.3 Å². The summed E-state index contributed by atoms with van der Waals surface area (Å²) in [5.74, 6) is 1.94. The molecule has 0 radical (unpaired) electrons. The maximum Gasteiger partial charge on any atom is 0.123 e. The molecule has 1 aromatic carbocycles. The quantitative estimate of drug-likeness (QED) is 0.875. The third-order valence-electron chi connectivity index (χ3n) is 3.60. The second-order valence-corrected chi connectivity index (χ2v) is 5.37. The predicted octanol–water partition coefficient (Wildman–Crippen LogP) is 3.50. The number of hydrogen-bond acceptors (Lipinski definition) is 3. The van der Waals surface area contributed by atoms with Crippen LogP contribution in [0.1, 0.15) is 30.4 Å². The Morgan fingerprint density at radius 3 is 2.60 bits per heavy atom. The van der Waals surface area contributed by atoms with Gasteiger partial charge in [0.2, 0.25) is 0 Å². The normalized spacial score (nSPS) is 12.4. The average molecular weight is 272 g/mol. The summed E-state index contributed by atoms with van der Waals surface area (Å²) in [5.41, 5.74) is 8.62. The summed E-state index contributed by atoms with van der Waals surface area (Å²) in [7, 11) is 2.09. The number of rotatable bonds is 6. The molecule has 20 heavy (non-hydrogen) atoms. The second-order valence-electron chi connectivity index (χ2n) is 5.37. The van der Waals surface area contributed by atoms with Gasteiger partial charge in [0.05, 0.1) is 6.54 Å². The van der Waals surface area contributed by atoms with Crippen molar-refractivity contribution >= 4 is 5.69 Å². The molecular weight excluding hydrogens is 248 g/mol. The van der Waals surface area contributed by atoms with Gasteiger partial charge >= 0.3 is 0 Å². The predicted molar refractivity (Wildman–Crippen MR) is 84.0 cm³/mol. The van der Waals surface area contributed by atoms with Gasteiger partial charge in [-0.3, -0.25) is 0 Å². The van der Waals surface area contributed by atoms with E-state index in [1.165, 1.54) is 11.3 Å². The minimum absolute atomic E-state index is 0.218. The Morgan fingerprint density at radius 2 is 1.95 bits per heavy atom. The van der Waals surface area contributed by atoms with Crippen LogP contribution < -0.4 is 10.6 Å². The summed E-state index contributed by atoms with van der Waals surface area (Å²) in [6.07, 6.45) is 1.91. The zero-order valence-corrected chi connectivity index (χ0v) is 12.6. The SMILES string of the molecule is CCC(N)Cc1ccccc1N(C)Cc1ccc(C)o1. The molecule has 0 saturated carbocycles. The number of para-hydroxylation sites is 1. The van der Waals surface area contributed by atoms with Gasteiger partial charge in [-0.2, -0.15) is 0 Å². The van der Waals surface area contributed by atoms with Crippen LogP contribution in [0, 0.1) is 6.92 Å². The van der Waals surface area contributed by atoms with Crippen LogP contribution in [0.2, 0.25) is 0 Å². The molecule has 0 saturated heterocycles. The average Bonchev–Trinajstić information content (AvgIpc) is 2.84. The number of nitrogens with two attached hydrogens (primary N) is 1. The Kier molecular flexibility index (Phi) is 4.85. The summed E-state index contributed by atoms with van der Waals surface area (Å²) in [5, 5.41) is 0. The molecule has 0 spiro atoms. The summed E-state index contributed by atoms with van der Waals surface area (Å²) in [6, 6.07) is 12.7. The van der Waals surface area contributed by atoms with Crippen molar-refractivity contribution in [2.75, 3.05) is 11.9 Å². The minimum atomic E-state index is 0.218. The first-order valence-electron chi connectivity index (χ1n) is 7.20. The standard InChI is InChI=1S/C17H24N2O/c1-4-15(18)11-14-7-5-6-8-17(14)19(3)12-16-10-9-13(2)20-16/h5-10,15H,4,11-12,18H2,1-3H3. The van der Waals surface area contributed by atoms with Crippen molar-refractivity contribution in [3.8, 4) is 0 Å². The van der Waals surface area contributed by atoms with Crippen LogP contribution in [-0.2, 0) is 13.0 Å². The first-order valence-corrected chi connectivity index (χ1v) is 7.20. The van der Waals surface area contributed by atoms with Crippen LogP contribution in [-0.4, -0.2) is 13.1 Å².